The summed E-state index contributed by atoms with van der Waals surface area (Å²) in [5.41, 5.74) is 8.01. The zero-order valence-electron chi connectivity index (χ0n) is 20.2. The Balaban J connectivity index is 1.41. The van der Waals surface area contributed by atoms with Crippen molar-refractivity contribution in [2.75, 3.05) is 12.0 Å². The molecule has 0 spiro atoms. The maximum atomic E-state index is 14.5. The third-order valence-electron chi connectivity index (χ3n) is 6.05. The van der Waals surface area contributed by atoms with E-state index in [0.29, 0.717) is 16.7 Å². The van der Waals surface area contributed by atoms with E-state index in [-0.39, 0.29) is 50.6 Å². The number of hydrogen-bond acceptors (Lipinski definition) is 6. The van der Waals surface area contributed by atoms with E-state index in [2.05, 4.69) is 5.10 Å². The van der Waals surface area contributed by atoms with Crippen LogP contribution in [0.3, 0.4) is 0 Å². The fourth-order valence-electron chi connectivity index (χ4n) is 4.30. The summed E-state index contributed by atoms with van der Waals surface area (Å²) in [5, 5.41) is 4.37. The van der Waals surface area contributed by atoms with Gasteiger partial charge >= 0.3 is 0 Å². The van der Waals surface area contributed by atoms with Crippen molar-refractivity contribution in [2.24, 2.45) is 0 Å². The number of Topliss-reactive ketones (excluding diaryl/α,β-unsaturated/α-hetero) is 1. The summed E-state index contributed by atoms with van der Waals surface area (Å²) in [4.78, 5) is 13.3. The quantitative estimate of drug-likeness (QED) is 0.257. The lowest BCUT2D eigenvalue weighted by molar-refractivity contribution is 0.103. The minimum absolute atomic E-state index is 0.0157. The van der Waals surface area contributed by atoms with Gasteiger partial charge in [-0.2, -0.15) is 5.10 Å². The van der Waals surface area contributed by atoms with Crippen LogP contribution in [0.1, 0.15) is 27.0 Å². The van der Waals surface area contributed by atoms with Crippen LogP contribution in [0.15, 0.2) is 60.3 Å². The summed E-state index contributed by atoms with van der Waals surface area (Å²) in [5.74, 6) is -1.98. The van der Waals surface area contributed by atoms with Crippen LogP contribution < -0.4 is 10.5 Å². The molecule has 3 aromatic carbocycles. The van der Waals surface area contributed by atoms with E-state index in [1.807, 2.05) is 0 Å². The number of benzene rings is 3. The molecular weight excluding hydrogens is 571 g/mol. The van der Waals surface area contributed by atoms with Crippen molar-refractivity contribution in [3.05, 3.63) is 104 Å². The third kappa shape index (κ3) is 5.40. The number of carbonyl (C=O) groups excluding carboxylic acids is 1. The minimum Gasteiger partial charge on any atom is -0.454 e. The molecule has 0 atom stereocenters. The fourth-order valence-corrected chi connectivity index (χ4v) is 5.71. The van der Waals surface area contributed by atoms with Gasteiger partial charge in [0.1, 0.15) is 23.1 Å². The molecule has 5 rings (SSSR count). The van der Waals surface area contributed by atoms with Crippen molar-refractivity contribution in [3.8, 4) is 17.2 Å². The minimum atomic E-state index is -3.44. The number of ketones is 1. The van der Waals surface area contributed by atoms with Gasteiger partial charge in [0.25, 0.3) is 0 Å². The second kappa shape index (κ2) is 10.1. The summed E-state index contributed by atoms with van der Waals surface area (Å²) in [6.07, 6.45) is 4.00. The van der Waals surface area contributed by atoms with Gasteiger partial charge in [0.05, 0.1) is 27.6 Å². The van der Waals surface area contributed by atoms with Crippen molar-refractivity contribution in [3.63, 3.8) is 0 Å². The number of ether oxygens (including phenoxy) is 1. The summed E-state index contributed by atoms with van der Waals surface area (Å²) < 4.78 is 58.5. The highest BCUT2D eigenvalue weighted by Crippen LogP contribution is 2.38. The number of fused-ring (bicyclic) bond motifs is 1. The summed E-state index contributed by atoms with van der Waals surface area (Å²) in [7, 11) is -3.44. The Labute approximate surface area is 232 Å². The van der Waals surface area contributed by atoms with Gasteiger partial charge in [-0.1, -0.05) is 41.4 Å². The number of nitrogen functional groups attached to an aromatic ring is 1. The monoisotopic (exact) mass is 589 g/mol. The van der Waals surface area contributed by atoms with E-state index in [1.54, 1.807) is 6.07 Å². The van der Waals surface area contributed by atoms with E-state index in [0.717, 1.165) is 6.26 Å². The first-order chi connectivity index (χ1) is 18.4. The maximum Gasteiger partial charge on any atom is 0.194 e. The number of rotatable bonds is 7. The van der Waals surface area contributed by atoms with Crippen LogP contribution in [0.5, 0.6) is 11.5 Å². The number of allylic oxidation sites excluding steroid dienone is 1. The zero-order valence-corrected chi connectivity index (χ0v) is 22.5. The Morgan fingerprint density at radius 2 is 1.79 bits per heavy atom. The van der Waals surface area contributed by atoms with E-state index in [9.17, 15) is 22.0 Å². The van der Waals surface area contributed by atoms with Gasteiger partial charge in [-0.3, -0.25) is 4.79 Å². The molecular formula is C27H19Cl2F2N3O4S. The number of aromatic nitrogens is 2. The molecule has 39 heavy (non-hydrogen) atoms. The molecule has 0 saturated carbocycles. The first-order valence-corrected chi connectivity index (χ1v) is 14.2. The molecule has 0 bridgehead atoms. The lowest BCUT2D eigenvalue weighted by atomic mass is 10.0. The number of sulfone groups is 1. The molecule has 12 heteroatoms. The maximum absolute atomic E-state index is 14.5. The Bertz CT molecular complexity index is 1780. The second-order valence-corrected chi connectivity index (χ2v) is 12.0. The molecule has 0 radical (unpaired) electrons. The normalized spacial score (nSPS) is 12.8. The van der Waals surface area contributed by atoms with Gasteiger partial charge in [0, 0.05) is 35.9 Å². The molecule has 1 aliphatic carbocycles. The molecule has 1 aromatic heterocycles. The van der Waals surface area contributed by atoms with Gasteiger partial charge in [-0.25, -0.2) is 21.9 Å². The highest BCUT2D eigenvalue weighted by atomic mass is 35.5. The number of nitrogens with zero attached hydrogens (tertiary/aromatic N) is 2. The molecule has 0 fully saturated rings. The summed E-state index contributed by atoms with van der Waals surface area (Å²) >= 11 is 12.9. The van der Waals surface area contributed by atoms with Crippen molar-refractivity contribution >= 4 is 50.7 Å². The summed E-state index contributed by atoms with van der Waals surface area (Å²) in [6.45, 7) is 0. The van der Waals surface area contributed by atoms with Crippen LogP contribution in [-0.4, -0.2) is 30.2 Å². The van der Waals surface area contributed by atoms with Crippen LogP contribution in [0.4, 0.5) is 14.6 Å². The topological polar surface area (TPSA) is 104 Å². The Morgan fingerprint density at radius 3 is 2.46 bits per heavy atom. The van der Waals surface area contributed by atoms with Crippen LogP contribution >= 0.6 is 23.2 Å². The smallest absolute Gasteiger partial charge is 0.194 e. The van der Waals surface area contributed by atoms with E-state index in [4.69, 9.17) is 33.7 Å². The molecule has 1 aliphatic rings. The second-order valence-electron chi connectivity index (χ2n) is 9.01. The lowest BCUT2D eigenvalue weighted by Gasteiger charge is -2.13. The average Bonchev–Trinajstić information content (AvgIpc) is 3.42. The Morgan fingerprint density at radius 1 is 1.10 bits per heavy atom. The van der Waals surface area contributed by atoms with Crippen LogP contribution in [0, 0.1) is 11.6 Å². The SMILES string of the molecule is CS(=O)(=O)Cc1cc2c(cc1F)C=C(C(=O)c1cnn(-c3c(Cl)cc(Oc4ccccc4F)cc3Cl)c1N)C2. The number of carbonyl (C=O) groups is 1. The first-order valence-electron chi connectivity index (χ1n) is 11.4. The predicted octanol–water partition coefficient (Wildman–Crippen LogP) is 6.20. The number of halogens is 4. The Hall–Kier alpha value is -3.73. The molecule has 0 unspecified atom stereocenters. The van der Waals surface area contributed by atoms with Gasteiger partial charge < -0.3 is 10.5 Å². The molecule has 0 amide bonds. The molecule has 200 valence electrons. The predicted molar refractivity (Wildman–Crippen MR) is 145 cm³/mol. The molecule has 0 saturated heterocycles. The van der Waals surface area contributed by atoms with Crippen LogP contribution in [0.25, 0.3) is 11.8 Å². The van der Waals surface area contributed by atoms with Gasteiger partial charge in [-0.05, 0) is 35.4 Å². The van der Waals surface area contributed by atoms with Gasteiger partial charge in [0.2, 0.25) is 0 Å². The van der Waals surface area contributed by atoms with E-state index in [1.165, 1.54) is 59.4 Å². The van der Waals surface area contributed by atoms with Crippen molar-refractivity contribution in [1.82, 2.24) is 9.78 Å². The van der Waals surface area contributed by atoms with Gasteiger partial charge in [-0.15, -0.1) is 0 Å². The zero-order chi connectivity index (χ0) is 28.1. The van der Waals surface area contributed by atoms with Gasteiger partial charge in [0.15, 0.2) is 27.2 Å². The number of para-hydroxylation sites is 1. The molecule has 1 heterocycles. The van der Waals surface area contributed by atoms with E-state index < -0.39 is 33.0 Å². The number of nitrogens with two attached hydrogens (primary N) is 1. The summed E-state index contributed by atoms with van der Waals surface area (Å²) in [6, 6.07) is 11.3. The number of anilines is 1. The fraction of sp³-hybridized carbons (Fsp3) is 0.111. The largest absolute Gasteiger partial charge is 0.454 e. The molecule has 0 aliphatic heterocycles. The lowest BCUT2D eigenvalue weighted by Crippen LogP contribution is -2.09. The molecule has 2 N–H and O–H groups in total. The van der Waals surface area contributed by atoms with Crippen molar-refractivity contribution in [1.29, 1.82) is 0 Å². The van der Waals surface area contributed by atoms with Crippen LogP contribution in [-0.2, 0) is 22.0 Å². The number of hydrogen-bond donors (Lipinski definition) is 1. The average molecular weight is 590 g/mol. The standard InChI is InChI=1S/C27H19Cl2F2N3O4S/c1-39(36,37)13-17-8-14-6-16(7-15(14)9-23(17)31)26(35)19-12-33-34(27(19)32)25-20(28)10-18(11-21(25)29)38-24-5-3-2-4-22(24)30/h2-5,7-12H,6,13,32H2,1H3. The van der Waals surface area contributed by atoms with Crippen molar-refractivity contribution in [2.45, 2.75) is 12.2 Å². The third-order valence-corrected chi connectivity index (χ3v) is 7.46. The van der Waals surface area contributed by atoms with Crippen LogP contribution in [0.2, 0.25) is 10.0 Å². The molecule has 4 aromatic rings. The van der Waals surface area contributed by atoms with Crippen molar-refractivity contribution < 1.29 is 26.7 Å². The van der Waals surface area contributed by atoms with E-state index >= 15 is 0 Å². The highest BCUT2D eigenvalue weighted by Gasteiger charge is 2.26. The molecule has 7 nitrogen and oxygen atoms in total. The first kappa shape index (κ1) is 26.9. The highest BCUT2D eigenvalue weighted by molar-refractivity contribution is 7.89. The Kier molecular flexibility index (Phi) is 6.96.